The molecule has 1 aromatic carbocycles. The summed E-state index contributed by atoms with van der Waals surface area (Å²) in [5.74, 6) is 0.765. The molecule has 1 atom stereocenters. The quantitative estimate of drug-likeness (QED) is 0.803. The van der Waals surface area contributed by atoms with E-state index in [1.807, 2.05) is 32.0 Å². The van der Waals surface area contributed by atoms with Gasteiger partial charge in [0.1, 0.15) is 11.8 Å². The van der Waals surface area contributed by atoms with Gasteiger partial charge in [0.25, 0.3) is 0 Å². The molecule has 3 nitrogen and oxygen atoms in total. The maximum atomic E-state index is 9.42. The van der Waals surface area contributed by atoms with Gasteiger partial charge in [-0.05, 0) is 38.8 Å². The van der Waals surface area contributed by atoms with Crippen LogP contribution in [0.15, 0.2) is 18.2 Å². The number of hydrogen-bond donors (Lipinski definition) is 0. The largest absolute Gasteiger partial charge is 0.493 e. The van der Waals surface area contributed by atoms with Crippen LogP contribution in [-0.4, -0.2) is 13.2 Å². The normalized spacial score (nSPS) is 23.4. The molecule has 1 heterocycles. The van der Waals surface area contributed by atoms with Crippen molar-refractivity contribution in [2.24, 2.45) is 0 Å². The second kappa shape index (κ2) is 4.77. The van der Waals surface area contributed by atoms with Gasteiger partial charge >= 0.3 is 0 Å². The SMILES string of the molecule is CCOc1ccc(C)cc1C1(C#N)CCCO1. The van der Waals surface area contributed by atoms with Gasteiger partial charge in [-0.25, -0.2) is 0 Å². The fourth-order valence-electron chi connectivity index (χ4n) is 2.24. The van der Waals surface area contributed by atoms with Crippen molar-refractivity contribution in [1.82, 2.24) is 0 Å². The summed E-state index contributed by atoms with van der Waals surface area (Å²) in [6, 6.07) is 8.24. The van der Waals surface area contributed by atoms with Gasteiger partial charge in [0.05, 0.1) is 6.61 Å². The third-order valence-electron chi connectivity index (χ3n) is 3.07. The van der Waals surface area contributed by atoms with Gasteiger partial charge in [-0.1, -0.05) is 11.6 Å². The molecule has 90 valence electrons. The van der Waals surface area contributed by atoms with Crippen molar-refractivity contribution in [3.05, 3.63) is 29.3 Å². The van der Waals surface area contributed by atoms with E-state index in [4.69, 9.17) is 9.47 Å². The summed E-state index contributed by atoms with van der Waals surface area (Å²) in [5.41, 5.74) is 1.18. The highest BCUT2D eigenvalue weighted by Crippen LogP contribution is 2.40. The highest BCUT2D eigenvalue weighted by atomic mass is 16.5. The minimum absolute atomic E-state index is 0.595. The fraction of sp³-hybridized carbons (Fsp3) is 0.500. The lowest BCUT2D eigenvalue weighted by Crippen LogP contribution is -2.23. The zero-order valence-electron chi connectivity index (χ0n) is 10.3. The van der Waals surface area contributed by atoms with Gasteiger partial charge in [0.15, 0.2) is 5.60 Å². The summed E-state index contributed by atoms with van der Waals surface area (Å²) in [6.07, 6.45) is 1.67. The highest BCUT2D eigenvalue weighted by Gasteiger charge is 2.39. The predicted molar refractivity (Wildman–Crippen MR) is 64.8 cm³/mol. The van der Waals surface area contributed by atoms with Crippen molar-refractivity contribution in [2.45, 2.75) is 32.3 Å². The molecule has 1 aromatic rings. The van der Waals surface area contributed by atoms with Crippen LogP contribution in [0.4, 0.5) is 0 Å². The number of benzene rings is 1. The van der Waals surface area contributed by atoms with Crippen LogP contribution in [0, 0.1) is 18.3 Å². The van der Waals surface area contributed by atoms with Crippen LogP contribution in [0.5, 0.6) is 5.75 Å². The zero-order valence-corrected chi connectivity index (χ0v) is 10.3. The molecule has 0 radical (unpaired) electrons. The first-order valence-corrected chi connectivity index (χ1v) is 6.01. The molecule has 2 rings (SSSR count). The molecule has 0 aromatic heterocycles. The van der Waals surface area contributed by atoms with Crippen molar-refractivity contribution in [1.29, 1.82) is 5.26 Å². The van der Waals surface area contributed by atoms with Crippen molar-refractivity contribution in [3.8, 4) is 11.8 Å². The molecule has 1 aliphatic rings. The molecular formula is C14H17NO2. The smallest absolute Gasteiger partial charge is 0.183 e. The Hall–Kier alpha value is -1.53. The van der Waals surface area contributed by atoms with Crippen molar-refractivity contribution < 1.29 is 9.47 Å². The lowest BCUT2D eigenvalue weighted by atomic mass is 9.90. The van der Waals surface area contributed by atoms with Crippen LogP contribution in [0.25, 0.3) is 0 Å². The Kier molecular flexibility index (Phi) is 3.35. The Morgan fingerprint density at radius 1 is 1.53 bits per heavy atom. The molecule has 0 bridgehead atoms. The van der Waals surface area contributed by atoms with E-state index in [9.17, 15) is 5.26 Å². The number of rotatable bonds is 3. The third kappa shape index (κ3) is 2.13. The molecule has 0 aliphatic carbocycles. The zero-order chi connectivity index (χ0) is 12.3. The van der Waals surface area contributed by atoms with Crippen LogP contribution in [0.3, 0.4) is 0 Å². The first kappa shape index (κ1) is 11.9. The van der Waals surface area contributed by atoms with Crippen LogP contribution < -0.4 is 4.74 Å². The maximum Gasteiger partial charge on any atom is 0.183 e. The summed E-state index contributed by atoms with van der Waals surface area (Å²) < 4.78 is 11.3. The minimum Gasteiger partial charge on any atom is -0.493 e. The maximum absolute atomic E-state index is 9.42. The monoisotopic (exact) mass is 231 g/mol. The van der Waals surface area contributed by atoms with Gasteiger partial charge < -0.3 is 9.47 Å². The molecule has 17 heavy (non-hydrogen) atoms. The highest BCUT2D eigenvalue weighted by molar-refractivity contribution is 5.44. The summed E-state index contributed by atoms with van der Waals surface area (Å²) in [5, 5.41) is 9.42. The van der Waals surface area contributed by atoms with Gasteiger partial charge in [-0.3, -0.25) is 0 Å². The van der Waals surface area contributed by atoms with E-state index >= 15 is 0 Å². The van der Waals surface area contributed by atoms with E-state index in [-0.39, 0.29) is 0 Å². The molecule has 3 heteroatoms. The topological polar surface area (TPSA) is 42.2 Å². The van der Waals surface area contributed by atoms with Gasteiger partial charge in [-0.15, -0.1) is 0 Å². The van der Waals surface area contributed by atoms with Crippen molar-refractivity contribution in [3.63, 3.8) is 0 Å². The van der Waals surface area contributed by atoms with Crippen LogP contribution >= 0.6 is 0 Å². The number of ether oxygens (including phenoxy) is 2. The molecule has 1 unspecified atom stereocenters. The van der Waals surface area contributed by atoms with E-state index in [2.05, 4.69) is 6.07 Å². The van der Waals surface area contributed by atoms with E-state index in [1.165, 1.54) is 0 Å². The number of nitriles is 1. The van der Waals surface area contributed by atoms with Crippen LogP contribution in [0.2, 0.25) is 0 Å². The molecule has 0 spiro atoms. The van der Waals surface area contributed by atoms with E-state index < -0.39 is 5.60 Å². The van der Waals surface area contributed by atoms with Crippen molar-refractivity contribution in [2.75, 3.05) is 13.2 Å². The predicted octanol–water partition coefficient (Wildman–Crippen LogP) is 2.92. The van der Waals surface area contributed by atoms with Gasteiger partial charge in [0.2, 0.25) is 0 Å². The minimum atomic E-state index is -0.809. The van der Waals surface area contributed by atoms with E-state index in [0.29, 0.717) is 13.2 Å². The van der Waals surface area contributed by atoms with Gasteiger partial charge in [-0.2, -0.15) is 5.26 Å². The van der Waals surface area contributed by atoms with Gasteiger partial charge in [0, 0.05) is 12.2 Å². The number of nitrogens with zero attached hydrogens (tertiary/aromatic N) is 1. The Bertz CT molecular complexity index is 442. The molecule has 0 N–H and O–H groups in total. The average Bonchev–Trinajstić information content (AvgIpc) is 2.81. The lowest BCUT2D eigenvalue weighted by molar-refractivity contribution is 0.0470. The Labute approximate surface area is 102 Å². The summed E-state index contributed by atoms with van der Waals surface area (Å²) in [6.45, 7) is 5.20. The van der Waals surface area contributed by atoms with E-state index in [0.717, 1.165) is 29.7 Å². The molecule has 1 aliphatic heterocycles. The van der Waals surface area contributed by atoms with Crippen molar-refractivity contribution >= 4 is 0 Å². The Balaban J connectivity index is 2.48. The summed E-state index contributed by atoms with van der Waals surface area (Å²) in [7, 11) is 0. The molecule has 1 fully saturated rings. The Morgan fingerprint density at radius 3 is 2.94 bits per heavy atom. The second-order valence-electron chi connectivity index (χ2n) is 4.32. The third-order valence-corrected chi connectivity index (χ3v) is 3.07. The van der Waals surface area contributed by atoms with Crippen LogP contribution in [-0.2, 0) is 10.3 Å². The second-order valence-corrected chi connectivity index (χ2v) is 4.32. The number of aryl methyl sites for hydroxylation is 1. The average molecular weight is 231 g/mol. The molecule has 0 saturated carbocycles. The van der Waals surface area contributed by atoms with E-state index in [1.54, 1.807) is 0 Å². The van der Waals surface area contributed by atoms with Crippen LogP contribution in [0.1, 0.15) is 30.9 Å². The summed E-state index contributed by atoms with van der Waals surface area (Å²) >= 11 is 0. The first-order chi connectivity index (χ1) is 8.22. The molecular weight excluding hydrogens is 214 g/mol. The molecule has 1 saturated heterocycles. The molecule has 0 amide bonds. The fourth-order valence-corrected chi connectivity index (χ4v) is 2.24. The first-order valence-electron chi connectivity index (χ1n) is 6.01. The standard InChI is InChI=1S/C14H17NO2/c1-3-16-13-6-5-11(2)9-12(13)14(10-15)7-4-8-17-14/h5-6,9H,3-4,7-8H2,1-2H3. The lowest BCUT2D eigenvalue weighted by Gasteiger charge is -2.23. The Morgan fingerprint density at radius 2 is 2.35 bits per heavy atom. The summed E-state index contributed by atoms with van der Waals surface area (Å²) in [4.78, 5) is 0. The number of hydrogen-bond acceptors (Lipinski definition) is 3.